The van der Waals surface area contributed by atoms with Crippen LogP contribution in [0.25, 0.3) is 0 Å². The molecule has 2 saturated heterocycles. The number of ether oxygens (including phenoxy) is 1. The third-order valence-corrected chi connectivity index (χ3v) is 8.65. The fourth-order valence-corrected chi connectivity index (χ4v) is 5.60. The molecule has 2 aromatic carbocycles. The predicted molar refractivity (Wildman–Crippen MR) is 145 cm³/mol. The van der Waals surface area contributed by atoms with Gasteiger partial charge in [0, 0.05) is 48.7 Å². The minimum absolute atomic E-state index is 0.0101. The van der Waals surface area contributed by atoms with Gasteiger partial charge in [-0.2, -0.15) is 0 Å². The van der Waals surface area contributed by atoms with Gasteiger partial charge >= 0.3 is 0 Å². The van der Waals surface area contributed by atoms with Crippen molar-refractivity contribution in [3.05, 3.63) is 58.5 Å². The number of phenols is 3. The van der Waals surface area contributed by atoms with Gasteiger partial charge in [-0.15, -0.1) is 0 Å². The Morgan fingerprint density at radius 1 is 1.05 bits per heavy atom. The van der Waals surface area contributed by atoms with Gasteiger partial charge in [0.1, 0.15) is 5.60 Å². The zero-order chi connectivity index (χ0) is 30.8. The molecule has 13 nitrogen and oxygen atoms in total. The van der Waals surface area contributed by atoms with E-state index in [9.17, 15) is 40.2 Å². The molecule has 8 N–H and O–H groups in total. The second-order valence-corrected chi connectivity index (χ2v) is 11.0. The standard InChI is InChI=1S/C28H33FN4O9/c1-14-26(2,39)27(3,40)28(41,25(38)31-14)33-13-17-15(24(33)37)5-4-6-19(17)30-11-16-20(29)21(34)18(23(36)22(16)35)12-32-7-9-42-10-8-32/h4-6,30,34-36,39-41H,1,7-13H2,2-3H3,(H,31,38). The summed E-state index contributed by atoms with van der Waals surface area (Å²) in [5.41, 5.74) is -8.02. The fourth-order valence-electron chi connectivity index (χ4n) is 5.60. The maximum atomic E-state index is 15.3. The highest BCUT2D eigenvalue weighted by atomic mass is 19.1. The molecule has 5 rings (SSSR count). The Hall–Kier alpha value is -3.95. The number of nitrogens with zero attached hydrogens (tertiary/aromatic N) is 2. The van der Waals surface area contributed by atoms with E-state index in [0.29, 0.717) is 26.3 Å². The molecule has 226 valence electrons. The van der Waals surface area contributed by atoms with Crippen LogP contribution in [0.5, 0.6) is 17.2 Å². The van der Waals surface area contributed by atoms with Crippen molar-refractivity contribution in [2.75, 3.05) is 31.6 Å². The Bertz CT molecular complexity index is 1460. The van der Waals surface area contributed by atoms with Gasteiger partial charge in [-0.1, -0.05) is 12.6 Å². The number of morpholine rings is 1. The van der Waals surface area contributed by atoms with Crippen molar-refractivity contribution in [1.29, 1.82) is 0 Å². The van der Waals surface area contributed by atoms with Crippen LogP contribution in [-0.2, 0) is 29.2 Å². The molecule has 2 fully saturated rings. The smallest absolute Gasteiger partial charge is 0.280 e. The summed E-state index contributed by atoms with van der Waals surface area (Å²) >= 11 is 0. The number of amides is 2. The number of aliphatic hydroxyl groups is 3. The van der Waals surface area contributed by atoms with E-state index in [1.165, 1.54) is 18.2 Å². The van der Waals surface area contributed by atoms with Crippen molar-refractivity contribution in [2.24, 2.45) is 0 Å². The van der Waals surface area contributed by atoms with Crippen molar-refractivity contribution < 1.29 is 49.4 Å². The number of benzene rings is 2. The van der Waals surface area contributed by atoms with Crippen LogP contribution in [0.15, 0.2) is 30.5 Å². The first kappa shape index (κ1) is 29.5. The fraction of sp³-hybridized carbons (Fsp3) is 0.429. The third-order valence-electron chi connectivity index (χ3n) is 8.65. The number of anilines is 1. The normalized spacial score (nSPS) is 28.1. The number of rotatable bonds is 6. The molecule has 3 heterocycles. The summed E-state index contributed by atoms with van der Waals surface area (Å²) in [7, 11) is 0. The molecule has 3 aliphatic heterocycles. The molecule has 42 heavy (non-hydrogen) atoms. The maximum absolute atomic E-state index is 15.3. The van der Waals surface area contributed by atoms with Crippen LogP contribution in [0.3, 0.4) is 0 Å². The largest absolute Gasteiger partial charge is 0.504 e. The first-order chi connectivity index (χ1) is 19.6. The van der Waals surface area contributed by atoms with Gasteiger partial charge in [0.05, 0.1) is 30.9 Å². The Kier molecular flexibility index (Phi) is 7.10. The van der Waals surface area contributed by atoms with Gasteiger partial charge in [-0.25, -0.2) is 4.39 Å². The second kappa shape index (κ2) is 10.1. The Morgan fingerprint density at radius 2 is 1.69 bits per heavy atom. The maximum Gasteiger partial charge on any atom is 0.280 e. The summed E-state index contributed by atoms with van der Waals surface area (Å²) in [6.07, 6.45) is 0. The lowest BCUT2D eigenvalue weighted by Crippen LogP contribution is -2.81. The predicted octanol–water partition coefficient (Wildman–Crippen LogP) is 0.177. The van der Waals surface area contributed by atoms with E-state index in [1.807, 2.05) is 4.90 Å². The van der Waals surface area contributed by atoms with Crippen LogP contribution in [0.4, 0.5) is 10.1 Å². The first-order valence-electron chi connectivity index (χ1n) is 13.2. The van der Waals surface area contributed by atoms with E-state index in [4.69, 9.17) is 4.74 Å². The molecular formula is C28H33FN4O9. The number of nitrogens with one attached hydrogen (secondary N) is 2. The van der Waals surface area contributed by atoms with Gasteiger partial charge in [-0.05, 0) is 26.0 Å². The molecule has 3 atom stereocenters. The second-order valence-electron chi connectivity index (χ2n) is 11.0. The SMILES string of the molecule is C=C1NC(=O)C(O)(N2Cc3c(NCc4c(O)c(O)c(CN5CCOCC5)c(O)c4F)cccc3C2=O)C(C)(O)C1(C)O. The van der Waals surface area contributed by atoms with Gasteiger partial charge in [0.2, 0.25) is 0 Å². The number of carbonyl (C=O) groups excluding carboxylic acids is 2. The van der Waals surface area contributed by atoms with Gasteiger partial charge in [0.15, 0.2) is 28.7 Å². The van der Waals surface area contributed by atoms with E-state index >= 15 is 4.39 Å². The highest BCUT2D eigenvalue weighted by Crippen LogP contribution is 2.46. The average molecular weight is 589 g/mol. The van der Waals surface area contributed by atoms with E-state index < -0.39 is 70.5 Å². The van der Waals surface area contributed by atoms with Crippen molar-refractivity contribution in [1.82, 2.24) is 15.1 Å². The van der Waals surface area contributed by atoms with Crippen LogP contribution in [0.1, 0.15) is 40.9 Å². The minimum Gasteiger partial charge on any atom is -0.504 e. The Balaban J connectivity index is 1.42. The molecule has 3 aliphatic rings. The first-order valence-corrected chi connectivity index (χ1v) is 13.2. The highest BCUT2D eigenvalue weighted by molar-refractivity contribution is 6.04. The minimum atomic E-state index is -2.91. The van der Waals surface area contributed by atoms with Crippen LogP contribution in [0, 0.1) is 5.82 Å². The van der Waals surface area contributed by atoms with E-state index in [0.717, 1.165) is 18.7 Å². The summed E-state index contributed by atoms with van der Waals surface area (Å²) < 4.78 is 20.6. The molecule has 2 aromatic rings. The van der Waals surface area contributed by atoms with E-state index in [2.05, 4.69) is 17.2 Å². The summed E-state index contributed by atoms with van der Waals surface area (Å²) in [5.74, 6) is -5.38. The van der Waals surface area contributed by atoms with Crippen LogP contribution in [0.2, 0.25) is 0 Å². The van der Waals surface area contributed by atoms with Gasteiger partial charge in [0.25, 0.3) is 17.5 Å². The van der Waals surface area contributed by atoms with Crippen LogP contribution >= 0.6 is 0 Å². The van der Waals surface area contributed by atoms with Crippen molar-refractivity contribution in [3.8, 4) is 17.2 Å². The van der Waals surface area contributed by atoms with Crippen molar-refractivity contribution in [2.45, 2.75) is 50.4 Å². The molecular weight excluding hydrogens is 555 g/mol. The lowest BCUT2D eigenvalue weighted by atomic mass is 9.71. The number of carbonyl (C=O) groups is 2. The number of aromatic hydroxyl groups is 3. The van der Waals surface area contributed by atoms with E-state index in [-0.39, 0.29) is 34.6 Å². The Morgan fingerprint density at radius 3 is 2.36 bits per heavy atom. The molecule has 3 unspecified atom stereocenters. The van der Waals surface area contributed by atoms with Gasteiger partial charge in [-0.3, -0.25) is 19.4 Å². The molecule has 2 amide bonds. The van der Waals surface area contributed by atoms with Crippen LogP contribution in [-0.4, -0.2) is 95.5 Å². The number of hydrogen-bond acceptors (Lipinski definition) is 11. The zero-order valence-corrected chi connectivity index (χ0v) is 23.1. The van der Waals surface area contributed by atoms with Crippen LogP contribution < -0.4 is 10.6 Å². The van der Waals surface area contributed by atoms with Crippen molar-refractivity contribution >= 4 is 17.5 Å². The quantitative estimate of drug-likeness (QED) is 0.169. The number of halogens is 1. The average Bonchev–Trinajstić information content (AvgIpc) is 3.30. The summed E-state index contributed by atoms with van der Waals surface area (Å²) in [6.45, 7) is 6.71. The molecule has 14 heteroatoms. The Labute approximate surface area is 240 Å². The zero-order valence-electron chi connectivity index (χ0n) is 23.1. The topological polar surface area (TPSA) is 195 Å². The van der Waals surface area contributed by atoms with Crippen molar-refractivity contribution in [3.63, 3.8) is 0 Å². The summed E-state index contributed by atoms with van der Waals surface area (Å²) in [4.78, 5) is 28.9. The monoisotopic (exact) mass is 588 g/mol. The van der Waals surface area contributed by atoms with Gasteiger partial charge < -0.3 is 46.0 Å². The summed E-state index contributed by atoms with van der Waals surface area (Å²) in [6, 6.07) is 4.44. The molecule has 0 spiro atoms. The lowest BCUT2D eigenvalue weighted by Gasteiger charge is -2.55. The third kappa shape index (κ3) is 4.17. The van der Waals surface area contributed by atoms with E-state index in [1.54, 1.807) is 0 Å². The molecule has 0 aliphatic carbocycles. The lowest BCUT2D eigenvalue weighted by molar-refractivity contribution is -0.266. The summed E-state index contributed by atoms with van der Waals surface area (Å²) in [5, 5.41) is 70.5. The number of fused-ring (bicyclic) bond motifs is 1. The number of piperidine rings is 1. The molecule has 0 saturated carbocycles. The molecule has 0 bridgehead atoms. The number of hydrogen-bond donors (Lipinski definition) is 8. The molecule has 0 aromatic heterocycles. The molecule has 0 radical (unpaired) electrons. The number of phenolic OH excluding ortho intramolecular Hbond substituents is 3. The highest BCUT2D eigenvalue weighted by Gasteiger charge is 2.70.